The molecule has 1 heterocycles. The number of likely N-dealkylation sites (N-methyl/N-ethyl adjacent to an activating group) is 1. The summed E-state index contributed by atoms with van der Waals surface area (Å²) in [4.78, 5) is 36.8. The molecule has 7 nitrogen and oxygen atoms in total. The average Bonchev–Trinajstić information content (AvgIpc) is 2.92. The van der Waals surface area contributed by atoms with E-state index in [1.165, 1.54) is 0 Å². The van der Waals surface area contributed by atoms with Gasteiger partial charge in [0.1, 0.15) is 12.1 Å². The normalized spacial score (nSPS) is 21.0. The molecule has 2 fully saturated rings. The molecule has 0 atom stereocenters. The molecule has 1 aliphatic heterocycles. The van der Waals surface area contributed by atoms with Crippen LogP contribution >= 0.6 is 0 Å². The van der Waals surface area contributed by atoms with E-state index in [1.54, 1.807) is 7.05 Å². The van der Waals surface area contributed by atoms with Crippen LogP contribution in [0.15, 0.2) is 0 Å². The number of amides is 4. The second kappa shape index (κ2) is 5.56. The Hall–Kier alpha value is -1.63. The molecule has 1 aliphatic carbocycles. The standard InChI is InChI=1S/C12H20N4O3/c1-13-6-7-14-9(17)8-16-10(18)12(15-11(16)19)4-2-3-5-12/h13H,2-8H2,1H3,(H,14,17)(H,15,19). The molecule has 106 valence electrons. The molecule has 0 radical (unpaired) electrons. The first-order chi connectivity index (χ1) is 9.09. The number of carbonyl (C=O) groups is 3. The minimum Gasteiger partial charge on any atom is -0.353 e. The number of urea groups is 1. The van der Waals surface area contributed by atoms with Gasteiger partial charge in [0.25, 0.3) is 5.91 Å². The molecular formula is C12H20N4O3. The van der Waals surface area contributed by atoms with Crippen molar-refractivity contribution in [3.05, 3.63) is 0 Å². The van der Waals surface area contributed by atoms with E-state index >= 15 is 0 Å². The van der Waals surface area contributed by atoms with Gasteiger partial charge in [-0.15, -0.1) is 0 Å². The van der Waals surface area contributed by atoms with E-state index in [-0.39, 0.29) is 18.4 Å². The first kappa shape index (κ1) is 13.8. The Balaban J connectivity index is 1.92. The van der Waals surface area contributed by atoms with Crippen molar-refractivity contribution in [2.75, 3.05) is 26.7 Å². The topological polar surface area (TPSA) is 90.5 Å². The third kappa shape index (κ3) is 2.70. The van der Waals surface area contributed by atoms with Crippen LogP contribution in [0, 0.1) is 0 Å². The Kier molecular flexibility index (Phi) is 4.04. The number of nitrogens with zero attached hydrogens (tertiary/aromatic N) is 1. The maximum Gasteiger partial charge on any atom is 0.325 e. The predicted molar refractivity (Wildman–Crippen MR) is 68.4 cm³/mol. The first-order valence-corrected chi connectivity index (χ1v) is 6.64. The molecular weight excluding hydrogens is 248 g/mol. The molecule has 1 spiro atoms. The summed E-state index contributed by atoms with van der Waals surface area (Å²) < 4.78 is 0. The molecule has 7 heteroatoms. The highest BCUT2D eigenvalue weighted by atomic mass is 16.2. The zero-order chi connectivity index (χ0) is 13.9. The van der Waals surface area contributed by atoms with Gasteiger partial charge in [-0.25, -0.2) is 4.79 Å². The molecule has 4 amide bonds. The van der Waals surface area contributed by atoms with Crippen molar-refractivity contribution in [1.29, 1.82) is 0 Å². The van der Waals surface area contributed by atoms with Crippen molar-refractivity contribution in [2.45, 2.75) is 31.2 Å². The van der Waals surface area contributed by atoms with Crippen molar-refractivity contribution < 1.29 is 14.4 Å². The van der Waals surface area contributed by atoms with Gasteiger partial charge in [0.15, 0.2) is 0 Å². The summed E-state index contributed by atoms with van der Waals surface area (Å²) in [5.74, 6) is -0.562. The van der Waals surface area contributed by atoms with E-state index in [4.69, 9.17) is 0 Å². The largest absolute Gasteiger partial charge is 0.353 e. The summed E-state index contributed by atoms with van der Waals surface area (Å²) in [6.07, 6.45) is 3.23. The SMILES string of the molecule is CNCCNC(=O)CN1C(=O)NC2(CCCC2)C1=O. The molecule has 1 saturated heterocycles. The number of nitrogens with one attached hydrogen (secondary N) is 3. The Morgan fingerprint density at radius 1 is 1.32 bits per heavy atom. The highest BCUT2D eigenvalue weighted by Crippen LogP contribution is 2.34. The Morgan fingerprint density at radius 2 is 2.00 bits per heavy atom. The highest BCUT2D eigenvalue weighted by Gasteiger charge is 2.52. The van der Waals surface area contributed by atoms with E-state index in [0.717, 1.165) is 17.7 Å². The lowest BCUT2D eigenvalue weighted by molar-refractivity contribution is -0.134. The quantitative estimate of drug-likeness (QED) is 0.449. The van der Waals surface area contributed by atoms with Crippen molar-refractivity contribution in [1.82, 2.24) is 20.9 Å². The summed E-state index contributed by atoms with van der Waals surface area (Å²) >= 11 is 0. The Morgan fingerprint density at radius 3 is 2.63 bits per heavy atom. The van der Waals surface area contributed by atoms with E-state index in [9.17, 15) is 14.4 Å². The minimum atomic E-state index is -0.734. The van der Waals surface area contributed by atoms with E-state index in [0.29, 0.717) is 25.9 Å². The van der Waals surface area contributed by atoms with Gasteiger partial charge in [-0.05, 0) is 19.9 Å². The number of hydrogen-bond donors (Lipinski definition) is 3. The monoisotopic (exact) mass is 268 g/mol. The molecule has 3 N–H and O–H groups in total. The van der Waals surface area contributed by atoms with Gasteiger partial charge in [0.05, 0.1) is 0 Å². The highest BCUT2D eigenvalue weighted by molar-refractivity contribution is 6.09. The maximum absolute atomic E-state index is 12.3. The summed E-state index contributed by atoms with van der Waals surface area (Å²) in [6.45, 7) is 0.927. The molecule has 1 saturated carbocycles. The van der Waals surface area contributed by atoms with Crippen LogP contribution in [0.4, 0.5) is 4.79 Å². The minimum absolute atomic E-state index is 0.198. The summed E-state index contributed by atoms with van der Waals surface area (Å²) in [6, 6.07) is -0.448. The fourth-order valence-electron chi connectivity index (χ4n) is 2.66. The number of carbonyl (C=O) groups excluding carboxylic acids is 3. The van der Waals surface area contributed by atoms with Crippen molar-refractivity contribution in [3.8, 4) is 0 Å². The predicted octanol–water partition coefficient (Wildman–Crippen LogP) is -0.813. The molecule has 0 aromatic carbocycles. The van der Waals surface area contributed by atoms with E-state index in [2.05, 4.69) is 16.0 Å². The smallest absolute Gasteiger partial charge is 0.325 e. The van der Waals surface area contributed by atoms with Crippen molar-refractivity contribution >= 4 is 17.8 Å². The van der Waals surface area contributed by atoms with Crippen molar-refractivity contribution in [2.24, 2.45) is 0 Å². The van der Waals surface area contributed by atoms with Crippen LogP contribution in [0.3, 0.4) is 0 Å². The molecule has 19 heavy (non-hydrogen) atoms. The summed E-state index contributed by atoms with van der Waals surface area (Å²) in [5, 5.41) is 8.30. The van der Waals surface area contributed by atoms with Crippen LogP contribution in [-0.4, -0.2) is 55.0 Å². The average molecular weight is 268 g/mol. The van der Waals surface area contributed by atoms with Gasteiger partial charge in [-0.3, -0.25) is 14.5 Å². The zero-order valence-electron chi connectivity index (χ0n) is 11.1. The maximum atomic E-state index is 12.3. The van der Waals surface area contributed by atoms with Crippen LogP contribution in [-0.2, 0) is 9.59 Å². The zero-order valence-corrected chi connectivity index (χ0v) is 11.1. The fraction of sp³-hybridized carbons (Fsp3) is 0.750. The molecule has 2 aliphatic rings. The first-order valence-electron chi connectivity index (χ1n) is 6.64. The van der Waals surface area contributed by atoms with Gasteiger partial charge in [-0.2, -0.15) is 0 Å². The van der Waals surface area contributed by atoms with Gasteiger partial charge < -0.3 is 16.0 Å². The lowest BCUT2D eigenvalue weighted by Gasteiger charge is -2.19. The Bertz CT molecular complexity index is 390. The second-order valence-corrected chi connectivity index (χ2v) is 5.06. The summed E-state index contributed by atoms with van der Waals surface area (Å²) in [7, 11) is 1.79. The van der Waals surface area contributed by atoms with Crippen LogP contribution in [0.5, 0.6) is 0 Å². The lowest BCUT2D eigenvalue weighted by atomic mass is 9.98. The Labute approximate surface area is 112 Å². The van der Waals surface area contributed by atoms with Crippen LogP contribution < -0.4 is 16.0 Å². The summed E-state index contributed by atoms with van der Waals surface area (Å²) in [5.41, 5.74) is -0.734. The molecule has 2 rings (SSSR count). The number of imide groups is 1. The van der Waals surface area contributed by atoms with Crippen LogP contribution in [0.1, 0.15) is 25.7 Å². The second-order valence-electron chi connectivity index (χ2n) is 5.06. The third-order valence-corrected chi connectivity index (χ3v) is 3.70. The van der Waals surface area contributed by atoms with Crippen LogP contribution in [0.2, 0.25) is 0 Å². The molecule has 0 aromatic rings. The molecule has 0 bridgehead atoms. The molecule has 0 aromatic heterocycles. The van der Waals surface area contributed by atoms with E-state index in [1.807, 2.05) is 0 Å². The third-order valence-electron chi connectivity index (χ3n) is 3.70. The number of rotatable bonds is 5. The van der Waals surface area contributed by atoms with Crippen LogP contribution in [0.25, 0.3) is 0 Å². The van der Waals surface area contributed by atoms with Gasteiger partial charge in [0, 0.05) is 13.1 Å². The van der Waals surface area contributed by atoms with Crippen molar-refractivity contribution in [3.63, 3.8) is 0 Å². The molecule has 0 unspecified atom stereocenters. The fourth-order valence-corrected chi connectivity index (χ4v) is 2.66. The van der Waals surface area contributed by atoms with Gasteiger partial charge in [-0.1, -0.05) is 12.8 Å². The van der Waals surface area contributed by atoms with Gasteiger partial charge >= 0.3 is 6.03 Å². The van der Waals surface area contributed by atoms with E-state index < -0.39 is 11.6 Å². The lowest BCUT2D eigenvalue weighted by Crippen LogP contribution is -2.45. The van der Waals surface area contributed by atoms with Gasteiger partial charge in [0.2, 0.25) is 5.91 Å². The number of hydrogen-bond acceptors (Lipinski definition) is 4.